The van der Waals surface area contributed by atoms with E-state index in [1.54, 1.807) is 24.3 Å². The highest BCUT2D eigenvalue weighted by Gasteiger charge is 2.36. The van der Waals surface area contributed by atoms with Gasteiger partial charge in [0.05, 0.1) is 10.1 Å². The lowest BCUT2D eigenvalue weighted by Gasteiger charge is -2.21. The third-order valence-corrected chi connectivity index (χ3v) is 9.19. The Labute approximate surface area is 185 Å². The molecule has 0 amide bonds. The first kappa shape index (κ1) is 23.1. The first-order valence-corrected chi connectivity index (χ1v) is 14.4. The molecule has 0 radical (unpaired) electrons. The summed E-state index contributed by atoms with van der Waals surface area (Å²) >= 11 is 0. The summed E-state index contributed by atoms with van der Waals surface area (Å²) in [4.78, 5) is -0.963. The molecule has 0 aromatic heterocycles. The summed E-state index contributed by atoms with van der Waals surface area (Å²) < 4.78 is 76.4. The number of benzene rings is 2. The molecule has 174 valence electrons. The van der Waals surface area contributed by atoms with Crippen LogP contribution in [0.1, 0.15) is 24.6 Å². The Bertz CT molecular complexity index is 1360. The molecule has 0 spiro atoms. The standard InChI is InChI=1S/C17H22N6O6S3/c1-30(24,25)14-9-8-13(15(16(14)31(18,26)27)17-19-22-23-20-17)10-2-4-11(5-3-10)21-32(28,29)12-6-7-12/h2-5,8-9,12,17,19-23H,6-7H2,1H3,(H2,18,26,27). The number of primary sulfonamides is 1. The van der Waals surface area contributed by atoms with Crippen molar-refractivity contribution in [2.24, 2.45) is 5.14 Å². The summed E-state index contributed by atoms with van der Waals surface area (Å²) in [7, 11) is -11.8. The van der Waals surface area contributed by atoms with Gasteiger partial charge in [-0.3, -0.25) is 4.72 Å². The minimum absolute atomic E-state index is 0.0826. The quantitative estimate of drug-likeness (QED) is 0.286. The fourth-order valence-corrected chi connectivity index (χ4v) is 7.28. The third kappa shape index (κ3) is 4.65. The molecule has 2 aromatic carbocycles. The number of rotatable bonds is 7. The second kappa shape index (κ2) is 8.03. The Kier molecular flexibility index (Phi) is 5.79. The van der Waals surface area contributed by atoms with Crippen molar-refractivity contribution in [1.82, 2.24) is 21.9 Å². The Morgan fingerprint density at radius 2 is 1.50 bits per heavy atom. The molecule has 7 N–H and O–H groups in total. The van der Waals surface area contributed by atoms with Crippen LogP contribution >= 0.6 is 0 Å². The first-order valence-electron chi connectivity index (χ1n) is 9.41. The number of sulfone groups is 1. The van der Waals surface area contributed by atoms with Gasteiger partial charge in [-0.1, -0.05) is 18.2 Å². The zero-order valence-corrected chi connectivity index (χ0v) is 19.2. The Morgan fingerprint density at radius 3 is 2.00 bits per heavy atom. The van der Waals surface area contributed by atoms with Gasteiger partial charge in [-0.15, -0.1) is 0 Å². The normalized spacial score (nSPS) is 18.1. The van der Waals surface area contributed by atoms with E-state index in [9.17, 15) is 25.3 Å². The highest BCUT2D eigenvalue weighted by Crippen LogP contribution is 2.37. The number of hydrogen-bond donors (Lipinski definition) is 6. The van der Waals surface area contributed by atoms with Crippen molar-refractivity contribution in [2.75, 3.05) is 11.0 Å². The fraction of sp³-hybridized carbons (Fsp3) is 0.294. The minimum atomic E-state index is -4.46. The third-order valence-electron chi connectivity index (χ3n) is 5.05. The van der Waals surface area contributed by atoms with E-state index in [1.807, 2.05) is 0 Å². The average molecular weight is 503 g/mol. The van der Waals surface area contributed by atoms with Crippen molar-refractivity contribution < 1.29 is 25.3 Å². The van der Waals surface area contributed by atoms with E-state index in [-0.39, 0.29) is 10.8 Å². The van der Waals surface area contributed by atoms with Gasteiger partial charge in [0.15, 0.2) is 9.84 Å². The summed E-state index contributed by atoms with van der Waals surface area (Å²) in [6.07, 6.45) is 1.30. The molecular formula is C17H22N6O6S3. The monoisotopic (exact) mass is 502 g/mol. The Hall–Kier alpha value is -2.11. The Balaban J connectivity index is 1.85. The molecule has 2 aromatic rings. The molecule has 15 heteroatoms. The lowest BCUT2D eigenvalue weighted by atomic mass is 9.97. The summed E-state index contributed by atoms with van der Waals surface area (Å²) in [6.45, 7) is 0. The van der Waals surface area contributed by atoms with Crippen LogP contribution in [0.15, 0.2) is 46.2 Å². The molecule has 2 aliphatic rings. The SMILES string of the molecule is CS(=O)(=O)c1ccc(-c2ccc(NS(=O)(=O)C3CC3)cc2)c(C2NNNN2)c1S(N)(=O)=O. The van der Waals surface area contributed by atoms with Gasteiger partial charge in [0.2, 0.25) is 20.0 Å². The van der Waals surface area contributed by atoms with Crippen molar-refractivity contribution in [1.29, 1.82) is 0 Å². The molecule has 0 unspecified atom stereocenters. The van der Waals surface area contributed by atoms with Crippen molar-refractivity contribution in [3.63, 3.8) is 0 Å². The maximum atomic E-state index is 12.5. The van der Waals surface area contributed by atoms with Gasteiger partial charge < -0.3 is 0 Å². The molecule has 1 saturated carbocycles. The number of sulfonamides is 2. The van der Waals surface area contributed by atoms with Crippen LogP contribution in [0.2, 0.25) is 0 Å². The molecule has 4 rings (SSSR count). The number of nitrogens with one attached hydrogen (secondary N) is 5. The fourth-order valence-electron chi connectivity index (χ4n) is 3.44. The van der Waals surface area contributed by atoms with Gasteiger partial charge in [-0.25, -0.2) is 41.2 Å². The molecule has 1 aliphatic heterocycles. The predicted molar refractivity (Wildman–Crippen MR) is 117 cm³/mol. The predicted octanol–water partition coefficient (Wildman–Crippen LogP) is -0.576. The van der Waals surface area contributed by atoms with E-state index < -0.39 is 45.8 Å². The lowest BCUT2D eigenvalue weighted by Crippen LogP contribution is -2.33. The smallest absolute Gasteiger partial charge is 0.239 e. The van der Waals surface area contributed by atoms with Gasteiger partial charge in [0.1, 0.15) is 11.1 Å². The summed E-state index contributed by atoms with van der Waals surface area (Å²) in [6, 6.07) is 8.97. The number of hydrazine groups is 3. The largest absolute Gasteiger partial charge is 0.283 e. The van der Waals surface area contributed by atoms with E-state index in [2.05, 4.69) is 26.6 Å². The van der Waals surface area contributed by atoms with E-state index in [4.69, 9.17) is 5.14 Å². The summed E-state index contributed by atoms with van der Waals surface area (Å²) in [5.41, 5.74) is 12.0. The maximum absolute atomic E-state index is 12.5. The molecule has 32 heavy (non-hydrogen) atoms. The second-order valence-electron chi connectivity index (χ2n) is 7.57. The van der Waals surface area contributed by atoms with Crippen molar-refractivity contribution in [3.05, 3.63) is 42.0 Å². The van der Waals surface area contributed by atoms with E-state index >= 15 is 0 Å². The Morgan fingerprint density at radius 1 is 0.906 bits per heavy atom. The number of hydrogen-bond acceptors (Lipinski definition) is 10. The van der Waals surface area contributed by atoms with Crippen LogP contribution in [0.5, 0.6) is 0 Å². The van der Waals surface area contributed by atoms with Gasteiger partial charge in [0, 0.05) is 17.5 Å². The summed E-state index contributed by atoms with van der Waals surface area (Å²) in [5.74, 6) is 0. The maximum Gasteiger partial charge on any atom is 0.239 e. The lowest BCUT2D eigenvalue weighted by molar-refractivity contribution is 0.534. The highest BCUT2D eigenvalue weighted by atomic mass is 32.2. The molecule has 1 saturated heterocycles. The van der Waals surface area contributed by atoms with Crippen LogP contribution in [0.3, 0.4) is 0 Å². The number of nitrogens with two attached hydrogens (primary N) is 1. The van der Waals surface area contributed by atoms with Crippen LogP contribution in [0, 0.1) is 0 Å². The van der Waals surface area contributed by atoms with Crippen molar-refractivity contribution >= 4 is 35.6 Å². The zero-order chi connectivity index (χ0) is 23.3. The van der Waals surface area contributed by atoms with E-state index in [0.717, 1.165) is 6.26 Å². The molecular weight excluding hydrogens is 480 g/mol. The number of anilines is 1. The zero-order valence-electron chi connectivity index (χ0n) is 16.8. The summed E-state index contributed by atoms with van der Waals surface area (Å²) in [5, 5.41) is 5.05. The van der Waals surface area contributed by atoms with Crippen LogP contribution in [-0.2, 0) is 29.9 Å². The van der Waals surface area contributed by atoms with Crippen LogP contribution < -0.4 is 31.8 Å². The molecule has 12 nitrogen and oxygen atoms in total. The first-order chi connectivity index (χ1) is 14.9. The molecule has 1 aliphatic carbocycles. The van der Waals surface area contributed by atoms with Crippen LogP contribution in [0.25, 0.3) is 11.1 Å². The second-order valence-corrected chi connectivity index (χ2v) is 13.0. The van der Waals surface area contributed by atoms with E-state index in [0.29, 0.717) is 29.7 Å². The van der Waals surface area contributed by atoms with Crippen molar-refractivity contribution in [3.8, 4) is 11.1 Å². The minimum Gasteiger partial charge on any atom is -0.283 e. The molecule has 2 fully saturated rings. The van der Waals surface area contributed by atoms with Gasteiger partial charge >= 0.3 is 0 Å². The topological polar surface area (TPSA) is 189 Å². The average Bonchev–Trinajstić information content (AvgIpc) is 3.43. The molecule has 0 bridgehead atoms. The van der Waals surface area contributed by atoms with Gasteiger partial charge in [-0.05, 0) is 42.2 Å². The van der Waals surface area contributed by atoms with Crippen molar-refractivity contribution in [2.45, 2.75) is 34.0 Å². The van der Waals surface area contributed by atoms with Gasteiger partial charge in [0.25, 0.3) is 0 Å². The molecule has 0 atom stereocenters. The molecule has 1 heterocycles. The highest BCUT2D eigenvalue weighted by molar-refractivity contribution is 7.93. The van der Waals surface area contributed by atoms with Crippen LogP contribution in [-0.4, -0.2) is 36.8 Å². The van der Waals surface area contributed by atoms with E-state index in [1.165, 1.54) is 12.1 Å². The van der Waals surface area contributed by atoms with Crippen LogP contribution in [0.4, 0.5) is 5.69 Å². The van der Waals surface area contributed by atoms with Gasteiger partial charge in [-0.2, -0.15) is 11.1 Å².